The number of nitrogens with one attached hydrogen (secondary N) is 2. The first-order chi connectivity index (χ1) is 13.3. The largest absolute Gasteiger partial charge is 0.356 e. The van der Waals surface area contributed by atoms with Crippen LogP contribution in [0.2, 0.25) is 0 Å². The van der Waals surface area contributed by atoms with E-state index in [0.29, 0.717) is 6.04 Å². The van der Waals surface area contributed by atoms with Crippen molar-refractivity contribution in [3.05, 3.63) is 52.5 Å². The minimum Gasteiger partial charge on any atom is -0.356 e. The molecule has 1 fully saturated rings. The molecule has 28 heavy (non-hydrogen) atoms. The lowest BCUT2D eigenvalue weighted by molar-refractivity contribution is 0.140. The molecule has 0 amide bonds. The van der Waals surface area contributed by atoms with Crippen molar-refractivity contribution in [3.8, 4) is 0 Å². The van der Waals surface area contributed by atoms with E-state index >= 15 is 0 Å². The monoisotopic (exact) mass is 513 g/mol. The van der Waals surface area contributed by atoms with Crippen LogP contribution in [0.3, 0.4) is 0 Å². The Morgan fingerprint density at radius 1 is 1.25 bits per heavy atom. The van der Waals surface area contributed by atoms with Crippen molar-refractivity contribution in [3.63, 3.8) is 0 Å². The fraction of sp³-hybridized carbons (Fsp3) is 0.524. The van der Waals surface area contributed by atoms with Crippen LogP contribution in [-0.2, 0) is 6.42 Å². The molecule has 2 aromatic rings. The summed E-state index contributed by atoms with van der Waals surface area (Å²) in [6.45, 7) is 6.41. The number of aromatic nitrogens is 1. The van der Waals surface area contributed by atoms with Crippen LogP contribution in [0.4, 0.5) is 0 Å². The maximum atomic E-state index is 4.39. The molecule has 7 heteroatoms. The lowest BCUT2D eigenvalue weighted by Gasteiger charge is -2.36. The van der Waals surface area contributed by atoms with Crippen LogP contribution in [0.25, 0.3) is 0 Å². The highest BCUT2D eigenvalue weighted by Gasteiger charge is 2.25. The minimum atomic E-state index is 0. The van der Waals surface area contributed by atoms with Crippen LogP contribution < -0.4 is 10.6 Å². The van der Waals surface area contributed by atoms with Crippen molar-refractivity contribution in [2.45, 2.75) is 32.2 Å². The second-order valence-electron chi connectivity index (χ2n) is 7.20. The number of hydrogen-bond acceptors (Lipinski definition) is 4. The number of nitrogens with zero attached hydrogens (tertiary/aromatic N) is 3. The summed E-state index contributed by atoms with van der Waals surface area (Å²) < 4.78 is 0. The molecular formula is C21H32IN5S. The summed E-state index contributed by atoms with van der Waals surface area (Å²) in [4.78, 5) is 12.8. The van der Waals surface area contributed by atoms with Crippen molar-refractivity contribution in [2.75, 3.05) is 33.2 Å². The molecule has 3 rings (SSSR count). The zero-order valence-corrected chi connectivity index (χ0v) is 20.0. The van der Waals surface area contributed by atoms with Crippen LogP contribution in [0.1, 0.15) is 36.4 Å². The van der Waals surface area contributed by atoms with E-state index in [-0.39, 0.29) is 24.0 Å². The first-order valence-corrected chi connectivity index (χ1v) is 10.8. The highest BCUT2D eigenvalue weighted by molar-refractivity contribution is 14.0. The average Bonchev–Trinajstić information content (AvgIpc) is 3.23. The summed E-state index contributed by atoms with van der Waals surface area (Å²) in [6.07, 6.45) is 5.31. The predicted octanol–water partition coefficient (Wildman–Crippen LogP) is 3.94. The number of rotatable bonds is 7. The van der Waals surface area contributed by atoms with E-state index in [1.807, 2.05) is 36.7 Å². The standard InChI is InChI=1S/C21H31N5S.HI/c1-17-9-13-26(14-10-17)19(20-7-5-15-27-20)16-25-21(22-2)24-12-8-18-6-3-4-11-23-18;/h3-7,11,15,17,19H,8-10,12-14,16H2,1-2H3,(H2,22,24,25);1H. The third-order valence-electron chi connectivity index (χ3n) is 5.22. The van der Waals surface area contributed by atoms with Gasteiger partial charge in [0, 0.05) is 43.3 Å². The number of aliphatic imine (C=N–C) groups is 1. The van der Waals surface area contributed by atoms with Crippen molar-refractivity contribution in [1.29, 1.82) is 0 Å². The first-order valence-electron chi connectivity index (χ1n) is 9.88. The summed E-state index contributed by atoms with van der Waals surface area (Å²) in [5.41, 5.74) is 1.10. The number of likely N-dealkylation sites (tertiary alicyclic amines) is 1. The molecule has 1 aliphatic heterocycles. The molecule has 0 aliphatic carbocycles. The van der Waals surface area contributed by atoms with Gasteiger partial charge < -0.3 is 10.6 Å². The van der Waals surface area contributed by atoms with Crippen molar-refractivity contribution < 1.29 is 0 Å². The van der Waals surface area contributed by atoms with Gasteiger partial charge in [-0.25, -0.2) is 0 Å². The van der Waals surface area contributed by atoms with E-state index in [4.69, 9.17) is 0 Å². The molecule has 1 unspecified atom stereocenters. The normalized spacial score (nSPS) is 17.0. The van der Waals surface area contributed by atoms with Gasteiger partial charge in [-0.15, -0.1) is 35.3 Å². The molecule has 0 saturated carbocycles. The number of pyridine rings is 1. The van der Waals surface area contributed by atoms with E-state index in [9.17, 15) is 0 Å². The quantitative estimate of drug-likeness (QED) is 0.335. The smallest absolute Gasteiger partial charge is 0.191 e. The Hall–Kier alpha value is -1.19. The fourth-order valence-corrected chi connectivity index (χ4v) is 4.36. The van der Waals surface area contributed by atoms with Crippen LogP contribution in [0.5, 0.6) is 0 Å². The van der Waals surface area contributed by atoms with Crippen LogP contribution >= 0.6 is 35.3 Å². The minimum absolute atomic E-state index is 0. The summed E-state index contributed by atoms with van der Waals surface area (Å²) in [7, 11) is 1.83. The van der Waals surface area contributed by atoms with E-state index in [2.05, 4.69) is 56.0 Å². The Morgan fingerprint density at radius 2 is 2.07 bits per heavy atom. The second-order valence-corrected chi connectivity index (χ2v) is 8.18. The number of halogens is 1. The van der Waals surface area contributed by atoms with Gasteiger partial charge in [-0.1, -0.05) is 19.1 Å². The van der Waals surface area contributed by atoms with Gasteiger partial charge in [0.05, 0.1) is 6.04 Å². The van der Waals surface area contributed by atoms with E-state index in [1.54, 1.807) is 0 Å². The summed E-state index contributed by atoms with van der Waals surface area (Å²) in [5, 5.41) is 9.12. The van der Waals surface area contributed by atoms with Gasteiger partial charge in [-0.05, 0) is 55.4 Å². The Bertz CT molecular complexity index is 684. The second kappa shape index (κ2) is 12.4. The average molecular weight is 513 g/mol. The zero-order valence-electron chi connectivity index (χ0n) is 16.8. The van der Waals surface area contributed by atoms with Crippen LogP contribution in [0.15, 0.2) is 46.9 Å². The predicted molar refractivity (Wildman–Crippen MR) is 130 cm³/mol. The molecule has 1 saturated heterocycles. The van der Waals surface area contributed by atoms with E-state index in [0.717, 1.165) is 37.1 Å². The number of hydrogen-bond donors (Lipinski definition) is 2. The Morgan fingerprint density at radius 3 is 2.71 bits per heavy atom. The molecule has 1 aliphatic rings. The molecule has 0 bridgehead atoms. The van der Waals surface area contributed by atoms with Crippen LogP contribution in [0, 0.1) is 5.92 Å². The fourth-order valence-electron chi connectivity index (χ4n) is 3.50. The SMILES string of the molecule is CN=C(NCCc1ccccn1)NCC(c1cccs1)N1CCC(C)CC1.I. The van der Waals surface area contributed by atoms with Gasteiger partial charge in [0.1, 0.15) is 0 Å². The molecule has 154 valence electrons. The third kappa shape index (κ3) is 7.00. The molecule has 5 nitrogen and oxygen atoms in total. The lowest BCUT2D eigenvalue weighted by atomic mass is 9.97. The number of guanidine groups is 1. The molecule has 2 N–H and O–H groups in total. The molecule has 0 radical (unpaired) electrons. The molecule has 3 heterocycles. The van der Waals surface area contributed by atoms with Gasteiger partial charge in [0.15, 0.2) is 5.96 Å². The van der Waals surface area contributed by atoms with Gasteiger partial charge in [0.25, 0.3) is 0 Å². The third-order valence-corrected chi connectivity index (χ3v) is 6.19. The lowest BCUT2D eigenvalue weighted by Crippen LogP contribution is -2.45. The van der Waals surface area contributed by atoms with Crippen molar-refractivity contribution in [1.82, 2.24) is 20.5 Å². The zero-order chi connectivity index (χ0) is 18.9. The topological polar surface area (TPSA) is 52.6 Å². The van der Waals surface area contributed by atoms with E-state index < -0.39 is 0 Å². The number of thiophene rings is 1. The number of piperidine rings is 1. The Labute approximate surface area is 190 Å². The first kappa shape index (κ1) is 23.1. The molecule has 2 aromatic heterocycles. The maximum Gasteiger partial charge on any atom is 0.191 e. The highest BCUT2D eigenvalue weighted by atomic mass is 127. The summed E-state index contributed by atoms with van der Waals surface area (Å²) >= 11 is 1.85. The summed E-state index contributed by atoms with van der Waals surface area (Å²) in [6, 6.07) is 10.9. The Balaban J connectivity index is 0.00000280. The van der Waals surface area contributed by atoms with Crippen LogP contribution in [-0.4, -0.2) is 49.1 Å². The molecule has 0 spiro atoms. The van der Waals surface area contributed by atoms with Crippen molar-refractivity contribution >= 4 is 41.3 Å². The molecule has 1 atom stereocenters. The van der Waals surface area contributed by atoms with E-state index in [1.165, 1.54) is 30.8 Å². The van der Waals surface area contributed by atoms with Crippen molar-refractivity contribution in [2.24, 2.45) is 10.9 Å². The molecule has 0 aromatic carbocycles. The maximum absolute atomic E-state index is 4.39. The van der Waals surface area contributed by atoms with Gasteiger partial charge in [-0.3, -0.25) is 14.9 Å². The van der Waals surface area contributed by atoms with Gasteiger partial charge >= 0.3 is 0 Å². The van der Waals surface area contributed by atoms with Gasteiger partial charge in [-0.2, -0.15) is 0 Å². The highest BCUT2D eigenvalue weighted by Crippen LogP contribution is 2.28. The Kier molecular flexibility index (Phi) is 10.2. The summed E-state index contributed by atoms with van der Waals surface area (Å²) in [5.74, 6) is 1.71. The van der Waals surface area contributed by atoms with Gasteiger partial charge in [0.2, 0.25) is 0 Å². The molecular weight excluding hydrogens is 481 g/mol.